The van der Waals surface area contributed by atoms with Gasteiger partial charge in [-0.25, -0.2) is 4.79 Å². The van der Waals surface area contributed by atoms with Gasteiger partial charge < -0.3 is 14.6 Å². The van der Waals surface area contributed by atoms with E-state index in [2.05, 4.69) is 0 Å². The van der Waals surface area contributed by atoms with Gasteiger partial charge in [0.1, 0.15) is 11.5 Å². The molecular formula is C17H18O4. The van der Waals surface area contributed by atoms with Gasteiger partial charge in [0.05, 0.1) is 7.11 Å². The molecule has 1 N–H and O–H groups in total. The van der Waals surface area contributed by atoms with Gasteiger partial charge in [-0.3, -0.25) is 0 Å². The molecule has 0 aliphatic rings. The number of hydrogen-bond acceptors (Lipinski definition) is 3. The van der Waals surface area contributed by atoms with Crippen LogP contribution in [0.4, 0.5) is 0 Å². The first-order valence-corrected chi connectivity index (χ1v) is 6.68. The van der Waals surface area contributed by atoms with Gasteiger partial charge in [0.25, 0.3) is 0 Å². The van der Waals surface area contributed by atoms with Crippen molar-refractivity contribution >= 4 is 5.97 Å². The summed E-state index contributed by atoms with van der Waals surface area (Å²) in [5.41, 5.74) is 1.83. The fourth-order valence-corrected chi connectivity index (χ4v) is 2.10. The van der Waals surface area contributed by atoms with E-state index in [4.69, 9.17) is 9.47 Å². The van der Waals surface area contributed by atoms with Crippen LogP contribution in [-0.2, 0) is 11.2 Å². The molecule has 0 saturated heterocycles. The second-order valence-corrected chi connectivity index (χ2v) is 4.78. The third-order valence-electron chi connectivity index (χ3n) is 3.14. The fraction of sp³-hybridized carbons (Fsp3) is 0.235. The van der Waals surface area contributed by atoms with E-state index in [1.807, 2.05) is 43.3 Å². The molecule has 0 radical (unpaired) electrons. The smallest absolute Gasteiger partial charge is 0.345 e. The lowest BCUT2D eigenvalue weighted by Gasteiger charge is -2.17. The fourth-order valence-electron chi connectivity index (χ4n) is 2.10. The van der Waals surface area contributed by atoms with E-state index in [1.54, 1.807) is 19.2 Å². The molecule has 0 spiro atoms. The minimum absolute atomic E-state index is 0.243. The second kappa shape index (κ2) is 6.79. The third kappa shape index (κ3) is 3.99. The molecule has 0 amide bonds. The number of carboxylic acid groups (broad SMARTS) is 1. The Morgan fingerprint density at radius 3 is 2.62 bits per heavy atom. The van der Waals surface area contributed by atoms with Gasteiger partial charge in [-0.05, 0) is 36.2 Å². The van der Waals surface area contributed by atoms with Crippen LogP contribution in [0, 0.1) is 6.92 Å². The van der Waals surface area contributed by atoms with E-state index in [1.165, 1.54) is 0 Å². The van der Waals surface area contributed by atoms with Crippen LogP contribution in [0.1, 0.15) is 11.1 Å². The summed E-state index contributed by atoms with van der Waals surface area (Å²) < 4.78 is 10.9. The first kappa shape index (κ1) is 14.9. The normalized spacial score (nSPS) is 11.7. The molecule has 2 rings (SSSR count). The van der Waals surface area contributed by atoms with Gasteiger partial charge in [-0.2, -0.15) is 0 Å². The molecule has 0 saturated carbocycles. The molecule has 4 heteroatoms. The zero-order valence-corrected chi connectivity index (χ0v) is 12.1. The number of carboxylic acids is 1. The van der Waals surface area contributed by atoms with Crippen molar-refractivity contribution < 1.29 is 19.4 Å². The number of hydrogen-bond donors (Lipinski definition) is 1. The van der Waals surface area contributed by atoms with Crippen molar-refractivity contribution in [2.75, 3.05) is 7.11 Å². The van der Waals surface area contributed by atoms with E-state index >= 15 is 0 Å². The van der Waals surface area contributed by atoms with Gasteiger partial charge in [0, 0.05) is 6.42 Å². The van der Waals surface area contributed by atoms with Gasteiger partial charge in [-0.15, -0.1) is 0 Å². The van der Waals surface area contributed by atoms with E-state index in [0.717, 1.165) is 11.1 Å². The molecule has 4 nitrogen and oxygen atoms in total. The van der Waals surface area contributed by atoms with Crippen LogP contribution < -0.4 is 9.47 Å². The van der Waals surface area contributed by atoms with Crippen LogP contribution in [0.15, 0.2) is 48.5 Å². The summed E-state index contributed by atoms with van der Waals surface area (Å²) >= 11 is 0. The van der Waals surface area contributed by atoms with E-state index < -0.39 is 12.1 Å². The lowest BCUT2D eigenvalue weighted by atomic mass is 10.1. The zero-order valence-electron chi connectivity index (χ0n) is 12.1. The minimum Gasteiger partial charge on any atom is -0.496 e. The summed E-state index contributed by atoms with van der Waals surface area (Å²) in [4.78, 5) is 11.4. The Morgan fingerprint density at radius 2 is 1.95 bits per heavy atom. The number of benzene rings is 2. The molecule has 0 bridgehead atoms. The number of methoxy groups -OCH3 is 1. The highest BCUT2D eigenvalue weighted by molar-refractivity contribution is 5.73. The number of para-hydroxylation sites is 1. The van der Waals surface area contributed by atoms with Gasteiger partial charge in [0.15, 0.2) is 6.10 Å². The van der Waals surface area contributed by atoms with Crippen molar-refractivity contribution in [1.82, 2.24) is 0 Å². The van der Waals surface area contributed by atoms with Crippen LogP contribution in [-0.4, -0.2) is 24.3 Å². The Hall–Kier alpha value is -2.49. The highest BCUT2D eigenvalue weighted by Crippen LogP contribution is 2.22. The molecule has 0 aliphatic heterocycles. The summed E-state index contributed by atoms with van der Waals surface area (Å²) in [6.07, 6.45) is -0.712. The average molecular weight is 286 g/mol. The Bertz CT molecular complexity index is 622. The summed E-state index contributed by atoms with van der Waals surface area (Å²) in [6.45, 7) is 1.93. The SMILES string of the molecule is COc1ccccc1C[C@@H](Oc1cccc(C)c1)C(=O)O. The van der Waals surface area contributed by atoms with Crippen molar-refractivity contribution in [3.05, 3.63) is 59.7 Å². The van der Waals surface area contributed by atoms with E-state index in [0.29, 0.717) is 11.5 Å². The van der Waals surface area contributed by atoms with Gasteiger partial charge >= 0.3 is 5.97 Å². The van der Waals surface area contributed by atoms with Crippen molar-refractivity contribution in [3.8, 4) is 11.5 Å². The number of ether oxygens (including phenoxy) is 2. The Balaban J connectivity index is 2.18. The topological polar surface area (TPSA) is 55.8 Å². The van der Waals surface area contributed by atoms with E-state index in [9.17, 15) is 9.90 Å². The second-order valence-electron chi connectivity index (χ2n) is 4.78. The van der Waals surface area contributed by atoms with Crippen LogP contribution in [0.2, 0.25) is 0 Å². The standard InChI is InChI=1S/C17H18O4/c1-12-6-5-8-14(10-12)21-16(17(18)19)11-13-7-3-4-9-15(13)20-2/h3-10,16H,11H2,1-2H3,(H,18,19)/t16-/m1/s1. The predicted octanol–water partition coefficient (Wildman–Crippen LogP) is 3.08. The summed E-state index contributed by atoms with van der Waals surface area (Å²) in [6, 6.07) is 14.7. The summed E-state index contributed by atoms with van der Waals surface area (Å²) in [5, 5.41) is 9.36. The number of aryl methyl sites for hydroxylation is 1. The van der Waals surface area contributed by atoms with Crippen LogP contribution in [0.3, 0.4) is 0 Å². The van der Waals surface area contributed by atoms with Crippen molar-refractivity contribution in [2.24, 2.45) is 0 Å². The monoisotopic (exact) mass is 286 g/mol. The Kier molecular flexibility index (Phi) is 4.82. The molecule has 0 aromatic heterocycles. The van der Waals surface area contributed by atoms with Crippen LogP contribution in [0.5, 0.6) is 11.5 Å². The lowest BCUT2D eigenvalue weighted by Crippen LogP contribution is -2.29. The molecule has 1 atom stereocenters. The summed E-state index contributed by atoms with van der Waals surface area (Å²) in [7, 11) is 1.57. The first-order valence-electron chi connectivity index (χ1n) is 6.68. The lowest BCUT2D eigenvalue weighted by molar-refractivity contribution is -0.145. The van der Waals surface area contributed by atoms with Gasteiger partial charge in [-0.1, -0.05) is 30.3 Å². The zero-order chi connectivity index (χ0) is 15.2. The molecule has 21 heavy (non-hydrogen) atoms. The van der Waals surface area contributed by atoms with Crippen LogP contribution >= 0.6 is 0 Å². The predicted molar refractivity (Wildman–Crippen MR) is 79.9 cm³/mol. The molecule has 0 aliphatic carbocycles. The Morgan fingerprint density at radius 1 is 1.19 bits per heavy atom. The molecule has 110 valence electrons. The highest BCUT2D eigenvalue weighted by Gasteiger charge is 2.21. The highest BCUT2D eigenvalue weighted by atomic mass is 16.5. The maximum atomic E-state index is 11.4. The van der Waals surface area contributed by atoms with Gasteiger partial charge in [0.2, 0.25) is 0 Å². The number of rotatable bonds is 6. The molecule has 0 heterocycles. The number of aliphatic carboxylic acids is 1. The molecule has 2 aromatic rings. The average Bonchev–Trinajstić information content (AvgIpc) is 2.47. The summed E-state index contributed by atoms with van der Waals surface area (Å²) in [5.74, 6) is 0.219. The molecule has 0 unspecified atom stereocenters. The van der Waals surface area contributed by atoms with Crippen molar-refractivity contribution in [1.29, 1.82) is 0 Å². The first-order chi connectivity index (χ1) is 10.1. The third-order valence-corrected chi connectivity index (χ3v) is 3.14. The number of carbonyl (C=O) groups is 1. The van der Waals surface area contributed by atoms with Crippen molar-refractivity contribution in [3.63, 3.8) is 0 Å². The Labute approximate surface area is 123 Å². The molecular weight excluding hydrogens is 268 g/mol. The van der Waals surface area contributed by atoms with E-state index in [-0.39, 0.29) is 6.42 Å². The quantitative estimate of drug-likeness (QED) is 0.886. The largest absolute Gasteiger partial charge is 0.496 e. The van der Waals surface area contributed by atoms with Crippen molar-refractivity contribution in [2.45, 2.75) is 19.4 Å². The molecule has 0 fully saturated rings. The van der Waals surface area contributed by atoms with Crippen LogP contribution in [0.25, 0.3) is 0 Å². The molecule has 2 aromatic carbocycles. The maximum Gasteiger partial charge on any atom is 0.345 e. The minimum atomic E-state index is -0.998. The maximum absolute atomic E-state index is 11.4.